The number of carbonyl (C=O) groups is 1. The quantitative estimate of drug-likeness (QED) is 0.721. The second-order valence-corrected chi connectivity index (χ2v) is 3.56. The molecule has 76 valence electrons. The fraction of sp³-hybridized carbons (Fsp3) is 0.667. The lowest BCUT2D eigenvalue weighted by atomic mass is 10.2. The predicted molar refractivity (Wildman–Crippen MR) is 54.0 cm³/mol. The molecular formula is C9H16ClNO2. The summed E-state index contributed by atoms with van der Waals surface area (Å²) in [7, 11) is 0. The van der Waals surface area contributed by atoms with Crippen LogP contribution in [0.25, 0.3) is 0 Å². The van der Waals surface area contributed by atoms with E-state index in [1.807, 2.05) is 18.7 Å². The first-order valence-corrected chi connectivity index (χ1v) is 4.64. The van der Waals surface area contributed by atoms with Gasteiger partial charge in [-0.3, -0.25) is 9.69 Å². The Morgan fingerprint density at radius 3 is 2.54 bits per heavy atom. The molecule has 3 nitrogen and oxygen atoms in total. The van der Waals surface area contributed by atoms with E-state index in [2.05, 4.69) is 6.58 Å². The molecule has 0 aliphatic heterocycles. The van der Waals surface area contributed by atoms with Gasteiger partial charge in [-0.25, -0.2) is 0 Å². The molecule has 4 heteroatoms. The predicted octanol–water partition coefficient (Wildman–Crippen LogP) is 1.92. The zero-order valence-electron chi connectivity index (χ0n) is 8.09. The molecule has 0 aliphatic rings. The van der Waals surface area contributed by atoms with Crippen LogP contribution in [0.3, 0.4) is 0 Å². The molecule has 0 radical (unpaired) electrons. The van der Waals surface area contributed by atoms with Gasteiger partial charge in [-0.05, 0) is 13.5 Å². The minimum Gasteiger partial charge on any atom is -0.481 e. The maximum Gasteiger partial charge on any atom is 0.304 e. The van der Waals surface area contributed by atoms with E-state index in [9.17, 15) is 4.79 Å². The summed E-state index contributed by atoms with van der Waals surface area (Å²) in [6.07, 6.45) is 0.137. The van der Waals surface area contributed by atoms with Crippen molar-refractivity contribution < 1.29 is 9.90 Å². The lowest BCUT2D eigenvalue weighted by Gasteiger charge is -2.25. The lowest BCUT2D eigenvalue weighted by molar-refractivity contribution is -0.138. The molecule has 0 fully saturated rings. The Balaban J connectivity index is 4.06. The molecule has 1 N–H and O–H groups in total. The van der Waals surface area contributed by atoms with Crippen molar-refractivity contribution in [2.45, 2.75) is 26.3 Å². The Hall–Kier alpha value is -0.540. The Morgan fingerprint density at radius 1 is 1.69 bits per heavy atom. The van der Waals surface area contributed by atoms with Gasteiger partial charge in [0, 0.05) is 17.6 Å². The van der Waals surface area contributed by atoms with Crippen LogP contribution in [0.1, 0.15) is 20.3 Å². The van der Waals surface area contributed by atoms with Gasteiger partial charge in [0.1, 0.15) is 0 Å². The van der Waals surface area contributed by atoms with Crippen LogP contribution < -0.4 is 0 Å². The number of hydrogen-bond acceptors (Lipinski definition) is 2. The maximum absolute atomic E-state index is 10.4. The van der Waals surface area contributed by atoms with Gasteiger partial charge in [0.05, 0.1) is 6.42 Å². The third-order valence-electron chi connectivity index (χ3n) is 1.87. The summed E-state index contributed by atoms with van der Waals surface area (Å²) in [6, 6.07) is -0.00185. The Kier molecular flexibility index (Phi) is 5.75. The fourth-order valence-electron chi connectivity index (χ4n) is 1.18. The van der Waals surface area contributed by atoms with Gasteiger partial charge in [-0.2, -0.15) is 0 Å². The molecule has 13 heavy (non-hydrogen) atoms. The van der Waals surface area contributed by atoms with Gasteiger partial charge in [-0.15, -0.1) is 0 Å². The molecule has 0 aliphatic carbocycles. The molecular weight excluding hydrogens is 190 g/mol. The van der Waals surface area contributed by atoms with Crippen LogP contribution in [0, 0.1) is 0 Å². The number of carboxylic acids is 1. The molecule has 0 saturated heterocycles. The summed E-state index contributed by atoms with van der Waals surface area (Å²) in [5.41, 5.74) is 0. The summed E-state index contributed by atoms with van der Waals surface area (Å²) in [6.45, 7) is 8.75. The highest BCUT2D eigenvalue weighted by Gasteiger charge is 2.15. The van der Waals surface area contributed by atoms with Crippen LogP contribution >= 0.6 is 11.6 Å². The lowest BCUT2D eigenvalue weighted by Crippen LogP contribution is -2.35. The van der Waals surface area contributed by atoms with E-state index in [0.717, 1.165) is 6.54 Å². The standard InChI is InChI=1S/C9H16ClNO2/c1-4-11(6-7(2)10)8(3)5-9(12)13/h8H,2,4-6H2,1,3H3,(H,12,13). The van der Waals surface area contributed by atoms with Crippen LogP contribution in [0.2, 0.25) is 0 Å². The number of likely N-dealkylation sites (N-methyl/N-ethyl adjacent to an activating group) is 1. The minimum absolute atomic E-state index is 0.00185. The molecule has 1 unspecified atom stereocenters. The third-order valence-corrected chi connectivity index (χ3v) is 1.99. The summed E-state index contributed by atoms with van der Waals surface area (Å²) in [5.74, 6) is -0.786. The van der Waals surface area contributed by atoms with Crippen molar-refractivity contribution in [2.24, 2.45) is 0 Å². The van der Waals surface area contributed by atoms with Crippen molar-refractivity contribution in [2.75, 3.05) is 13.1 Å². The highest BCUT2D eigenvalue weighted by Crippen LogP contribution is 2.08. The van der Waals surface area contributed by atoms with Gasteiger partial charge >= 0.3 is 5.97 Å². The van der Waals surface area contributed by atoms with E-state index in [1.165, 1.54) is 0 Å². The Bertz CT molecular complexity index is 194. The Labute approximate surface area is 84.0 Å². The molecule has 0 spiro atoms. The number of carboxylic acid groups (broad SMARTS) is 1. The minimum atomic E-state index is -0.786. The second kappa shape index (κ2) is 6.00. The van der Waals surface area contributed by atoms with Gasteiger partial charge in [0.15, 0.2) is 0 Å². The van der Waals surface area contributed by atoms with E-state index in [1.54, 1.807) is 0 Å². The molecule has 0 rings (SSSR count). The molecule has 1 atom stereocenters. The number of rotatable bonds is 6. The van der Waals surface area contributed by atoms with Crippen molar-refractivity contribution >= 4 is 17.6 Å². The largest absolute Gasteiger partial charge is 0.481 e. The van der Waals surface area contributed by atoms with Crippen molar-refractivity contribution in [1.29, 1.82) is 0 Å². The molecule has 0 aromatic carbocycles. The zero-order valence-corrected chi connectivity index (χ0v) is 8.84. The molecule has 0 saturated carbocycles. The molecule has 0 bridgehead atoms. The molecule has 0 heterocycles. The highest BCUT2D eigenvalue weighted by atomic mass is 35.5. The van der Waals surface area contributed by atoms with Crippen molar-refractivity contribution in [3.63, 3.8) is 0 Å². The molecule has 0 aromatic rings. The van der Waals surface area contributed by atoms with E-state index >= 15 is 0 Å². The van der Waals surface area contributed by atoms with E-state index in [0.29, 0.717) is 11.6 Å². The van der Waals surface area contributed by atoms with Gasteiger partial charge in [0.2, 0.25) is 0 Å². The number of aliphatic carboxylic acids is 1. The first-order chi connectivity index (χ1) is 5.97. The number of hydrogen-bond donors (Lipinski definition) is 1. The van der Waals surface area contributed by atoms with Crippen LogP contribution in [0.15, 0.2) is 11.6 Å². The highest BCUT2D eigenvalue weighted by molar-refractivity contribution is 6.29. The normalized spacial score (nSPS) is 12.9. The third kappa shape index (κ3) is 5.66. The number of nitrogens with zero attached hydrogens (tertiary/aromatic N) is 1. The van der Waals surface area contributed by atoms with Crippen LogP contribution in [0.5, 0.6) is 0 Å². The van der Waals surface area contributed by atoms with Crippen molar-refractivity contribution in [3.8, 4) is 0 Å². The van der Waals surface area contributed by atoms with Gasteiger partial charge < -0.3 is 5.11 Å². The topological polar surface area (TPSA) is 40.5 Å². The van der Waals surface area contributed by atoms with Crippen LogP contribution in [-0.2, 0) is 4.79 Å². The van der Waals surface area contributed by atoms with Crippen LogP contribution in [-0.4, -0.2) is 35.1 Å². The van der Waals surface area contributed by atoms with Gasteiger partial charge in [-0.1, -0.05) is 25.1 Å². The second-order valence-electron chi connectivity index (χ2n) is 3.03. The van der Waals surface area contributed by atoms with E-state index in [4.69, 9.17) is 16.7 Å². The summed E-state index contributed by atoms with van der Waals surface area (Å²) in [5, 5.41) is 9.12. The smallest absolute Gasteiger partial charge is 0.304 e. The maximum atomic E-state index is 10.4. The first-order valence-electron chi connectivity index (χ1n) is 4.26. The number of halogens is 1. The zero-order chi connectivity index (χ0) is 10.4. The van der Waals surface area contributed by atoms with Crippen molar-refractivity contribution in [3.05, 3.63) is 11.6 Å². The van der Waals surface area contributed by atoms with Gasteiger partial charge in [0.25, 0.3) is 0 Å². The average Bonchev–Trinajstić information content (AvgIpc) is 1.98. The van der Waals surface area contributed by atoms with Crippen molar-refractivity contribution in [1.82, 2.24) is 4.90 Å². The summed E-state index contributed by atoms with van der Waals surface area (Å²) in [4.78, 5) is 12.4. The fourth-order valence-corrected chi connectivity index (χ4v) is 1.34. The molecule has 0 amide bonds. The average molecular weight is 206 g/mol. The molecule has 0 aromatic heterocycles. The van der Waals surface area contributed by atoms with E-state index < -0.39 is 5.97 Å². The SMILES string of the molecule is C=C(Cl)CN(CC)C(C)CC(=O)O. The van der Waals surface area contributed by atoms with Crippen LogP contribution in [0.4, 0.5) is 0 Å². The first kappa shape index (κ1) is 12.5. The Morgan fingerprint density at radius 2 is 2.23 bits per heavy atom. The van der Waals surface area contributed by atoms with E-state index in [-0.39, 0.29) is 12.5 Å². The monoisotopic (exact) mass is 205 g/mol. The summed E-state index contributed by atoms with van der Waals surface area (Å²) >= 11 is 5.65. The summed E-state index contributed by atoms with van der Waals surface area (Å²) < 4.78 is 0.